The van der Waals surface area contributed by atoms with Crippen molar-refractivity contribution in [1.29, 1.82) is 0 Å². The Kier molecular flexibility index (Phi) is 8.64. The molecule has 1 saturated heterocycles. The van der Waals surface area contributed by atoms with Crippen LogP contribution in [0.5, 0.6) is 0 Å². The summed E-state index contributed by atoms with van der Waals surface area (Å²) in [6, 6.07) is 9.80. The lowest BCUT2D eigenvalue weighted by atomic mass is 9.91. The van der Waals surface area contributed by atoms with E-state index >= 15 is 0 Å². The van der Waals surface area contributed by atoms with Crippen LogP contribution in [-0.2, 0) is 12.1 Å². The Morgan fingerprint density at radius 1 is 0.850 bits per heavy atom. The van der Waals surface area contributed by atoms with Crippen molar-refractivity contribution < 1.29 is 41.0 Å². The molecule has 13 heteroatoms. The summed E-state index contributed by atoms with van der Waals surface area (Å²) >= 11 is 0. The van der Waals surface area contributed by atoms with Gasteiger partial charge in [0.2, 0.25) is 0 Å². The predicted molar refractivity (Wildman–Crippen MR) is 134 cm³/mol. The van der Waals surface area contributed by atoms with Gasteiger partial charge < -0.3 is 20.6 Å². The highest BCUT2D eigenvalue weighted by Gasteiger charge is 2.71. The van der Waals surface area contributed by atoms with Crippen molar-refractivity contribution in [3.63, 3.8) is 0 Å². The van der Waals surface area contributed by atoms with Gasteiger partial charge in [-0.2, -0.15) is 26.3 Å². The second-order valence-corrected chi connectivity index (χ2v) is 10.2. The normalized spacial score (nSPS) is 17.3. The van der Waals surface area contributed by atoms with E-state index in [1.165, 1.54) is 0 Å². The van der Waals surface area contributed by atoms with Gasteiger partial charge in [-0.15, -0.1) is 0 Å². The summed E-state index contributed by atoms with van der Waals surface area (Å²) in [5.74, 6) is 0.369. The minimum absolute atomic E-state index is 0.186. The summed E-state index contributed by atoms with van der Waals surface area (Å²) in [7, 11) is 0. The molecule has 0 atom stereocenters. The van der Waals surface area contributed by atoms with Crippen molar-refractivity contribution in [1.82, 2.24) is 15.1 Å². The van der Waals surface area contributed by atoms with E-state index in [1.807, 2.05) is 4.90 Å². The highest BCUT2D eigenvalue weighted by atomic mass is 19.4. The van der Waals surface area contributed by atoms with Crippen molar-refractivity contribution in [3.8, 4) is 0 Å². The molecule has 3 N–H and O–H groups in total. The topological polar surface area (TPSA) is 84.9 Å². The zero-order valence-corrected chi connectivity index (χ0v) is 21.5. The Balaban J connectivity index is 1.31. The van der Waals surface area contributed by atoms with Gasteiger partial charge in [-0.1, -0.05) is 24.3 Å². The molecule has 218 valence electrons. The van der Waals surface area contributed by atoms with E-state index in [1.54, 1.807) is 29.2 Å². The smallest absolute Gasteiger partial charge is 0.369 e. The first-order valence-electron chi connectivity index (χ1n) is 12.9. The summed E-state index contributed by atoms with van der Waals surface area (Å²) in [5, 5.41) is 15.1. The molecular weight excluding hydrogens is 542 g/mol. The summed E-state index contributed by atoms with van der Waals surface area (Å²) in [6.45, 7) is 2.76. The number of rotatable bonds is 7. The third-order valence-corrected chi connectivity index (χ3v) is 7.11. The molecule has 1 saturated carbocycles. The van der Waals surface area contributed by atoms with E-state index in [-0.39, 0.29) is 18.5 Å². The molecule has 0 spiro atoms. The van der Waals surface area contributed by atoms with Crippen molar-refractivity contribution in [2.75, 3.05) is 38.0 Å². The SMILES string of the molecule is O=C(NCC1CC1)Nc1ccc(C(=O)N2CCCN(Cc3ccc(C(O)(C(F)(F)F)C(F)(F)F)cc3)CC2)cc1. The fourth-order valence-electron chi connectivity index (χ4n) is 4.54. The van der Waals surface area contributed by atoms with Crippen LogP contribution in [0.1, 0.15) is 40.7 Å². The van der Waals surface area contributed by atoms with Gasteiger partial charge >= 0.3 is 18.4 Å². The Labute approximate surface area is 227 Å². The Morgan fingerprint density at radius 3 is 2.05 bits per heavy atom. The first kappa shape index (κ1) is 29.7. The Morgan fingerprint density at radius 2 is 1.48 bits per heavy atom. The largest absolute Gasteiger partial charge is 0.430 e. The molecule has 0 aromatic heterocycles. The van der Waals surface area contributed by atoms with Crippen LogP contribution in [0, 0.1) is 5.92 Å². The number of anilines is 1. The van der Waals surface area contributed by atoms with Crippen LogP contribution in [0.15, 0.2) is 48.5 Å². The van der Waals surface area contributed by atoms with Gasteiger partial charge in [0.25, 0.3) is 11.5 Å². The van der Waals surface area contributed by atoms with E-state index in [9.17, 15) is 41.0 Å². The van der Waals surface area contributed by atoms with Gasteiger partial charge in [-0.3, -0.25) is 9.69 Å². The monoisotopic (exact) mass is 572 g/mol. The number of halogens is 6. The van der Waals surface area contributed by atoms with Crippen LogP contribution < -0.4 is 10.6 Å². The van der Waals surface area contributed by atoms with Gasteiger partial charge in [-0.05, 0) is 55.0 Å². The number of nitrogens with one attached hydrogen (secondary N) is 2. The van der Waals surface area contributed by atoms with Gasteiger partial charge in [0.05, 0.1) is 0 Å². The lowest BCUT2D eigenvalue weighted by Crippen LogP contribution is -2.53. The van der Waals surface area contributed by atoms with Crippen molar-refractivity contribution in [2.45, 2.75) is 43.8 Å². The number of alkyl halides is 6. The lowest BCUT2D eigenvalue weighted by Gasteiger charge is -2.32. The average molecular weight is 573 g/mol. The minimum Gasteiger partial charge on any atom is -0.369 e. The van der Waals surface area contributed by atoms with Crippen molar-refractivity contribution >= 4 is 17.6 Å². The molecule has 3 amide bonds. The van der Waals surface area contributed by atoms with E-state index in [0.29, 0.717) is 74.0 Å². The maximum atomic E-state index is 13.1. The molecule has 2 aromatic rings. The summed E-state index contributed by atoms with van der Waals surface area (Å²) in [6.07, 6.45) is -9.00. The van der Waals surface area contributed by atoms with Crippen LogP contribution in [0.4, 0.5) is 36.8 Å². The molecule has 1 aliphatic carbocycles. The summed E-state index contributed by atoms with van der Waals surface area (Å²) in [4.78, 5) is 28.6. The van der Waals surface area contributed by atoms with Crippen LogP contribution in [0.3, 0.4) is 0 Å². The number of urea groups is 1. The first-order valence-corrected chi connectivity index (χ1v) is 12.9. The maximum Gasteiger partial charge on any atom is 0.430 e. The lowest BCUT2D eigenvalue weighted by molar-refractivity contribution is -0.376. The molecule has 0 bridgehead atoms. The number of carbonyl (C=O) groups excluding carboxylic acids is 2. The fourth-order valence-corrected chi connectivity index (χ4v) is 4.54. The summed E-state index contributed by atoms with van der Waals surface area (Å²) < 4.78 is 78.7. The quantitative estimate of drug-likeness (QED) is 0.413. The van der Waals surface area contributed by atoms with Gasteiger partial charge in [0.1, 0.15) is 0 Å². The molecule has 2 aromatic carbocycles. The minimum atomic E-state index is -5.94. The van der Waals surface area contributed by atoms with E-state index in [4.69, 9.17) is 0 Å². The van der Waals surface area contributed by atoms with Crippen molar-refractivity contribution in [2.24, 2.45) is 5.92 Å². The fraction of sp³-hybridized carbons (Fsp3) is 0.481. The molecule has 4 rings (SSSR count). The van der Waals surface area contributed by atoms with E-state index < -0.39 is 23.5 Å². The second kappa shape index (κ2) is 11.7. The maximum absolute atomic E-state index is 13.1. The third-order valence-electron chi connectivity index (χ3n) is 7.11. The number of amides is 3. The highest BCUT2D eigenvalue weighted by Crippen LogP contribution is 2.50. The zero-order valence-electron chi connectivity index (χ0n) is 21.5. The molecule has 7 nitrogen and oxygen atoms in total. The third kappa shape index (κ3) is 6.87. The molecule has 2 fully saturated rings. The molecular formula is C27H30F6N4O3. The van der Waals surface area contributed by atoms with Gasteiger partial charge in [-0.25, -0.2) is 4.79 Å². The summed E-state index contributed by atoms with van der Waals surface area (Å²) in [5.41, 5.74) is -4.78. The Bertz CT molecular complexity index is 1170. The van der Waals surface area contributed by atoms with Crippen LogP contribution in [-0.4, -0.2) is 71.9 Å². The van der Waals surface area contributed by atoms with Crippen molar-refractivity contribution in [3.05, 3.63) is 65.2 Å². The Hall–Kier alpha value is -3.32. The van der Waals surface area contributed by atoms with Gasteiger partial charge in [0, 0.05) is 56.1 Å². The first-order chi connectivity index (χ1) is 18.8. The number of nitrogens with zero attached hydrogens (tertiary/aromatic N) is 2. The molecule has 1 heterocycles. The molecule has 0 radical (unpaired) electrons. The second-order valence-electron chi connectivity index (χ2n) is 10.2. The van der Waals surface area contributed by atoms with Crippen LogP contribution >= 0.6 is 0 Å². The number of carbonyl (C=O) groups is 2. The molecule has 0 unspecified atom stereocenters. The number of benzene rings is 2. The van der Waals surface area contributed by atoms with Crippen LogP contribution in [0.2, 0.25) is 0 Å². The number of hydrogen-bond donors (Lipinski definition) is 3. The van der Waals surface area contributed by atoms with E-state index in [2.05, 4.69) is 10.6 Å². The molecule has 1 aliphatic heterocycles. The highest BCUT2D eigenvalue weighted by molar-refractivity contribution is 5.95. The number of hydrogen-bond acceptors (Lipinski definition) is 4. The zero-order chi connectivity index (χ0) is 29.1. The molecule has 40 heavy (non-hydrogen) atoms. The van der Waals surface area contributed by atoms with Gasteiger partial charge in [0.15, 0.2) is 0 Å². The predicted octanol–water partition coefficient (Wildman–Crippen LogP) is 4.88. The standard InChI is InChI=1S/C27H30F6N4O3/c28-26(29,30)25(40,27(31,32)33)21-8-4-19(5-9-21)17-36-12-1-13-37(15-14-36)23(38)20-6-10-22(11-7-20)35-24(39)34-16-18-2-3-18/h4-11,18,40H,1-3,12-17H2,(H2,34,35,39). The van der Waals surface area contributed by atoms with E-state index in [0.717, 1.165) is 25.0 Å². The van der Waals surface area contributed by atoms with Crippen LogP contribution in [0.25, 0.3) is 0 Å². The number of aliphatic hydroxyl groups is 1. The molecule has 2 aliphatic rings. The average Bonchev–Trinajstić information content (AvgIpc) is 3.74.